The highest BCUT2D eigenvalue weighted by Gasteiger charge is 2.13. The number of nitriles is 1. The van der Waals surface area contributed by atoms with Crippen molar-refractivity contribution in [3.05, 3.63) is 28.8 Å². The van der Waals surface area contributed by atoms with Gasteiger partial charge in [0, 0.05) is 0 Å². The van der Waals surface area contributed by atoms with Crippen LogP contribution < -0.4 is 4.74 Å². The van der Waals surface area contributed by atoms with E-state index in [2.05, 4.69) is 0 Å². The molecule has 15 heavy (non-hydrogen) atoms. The molecule has 4 nitrogen and oxygen atoms in total. The summed E-state index contributed by atoms with van der Waals surface area (Å²) in [7, 11) is 1.45. The quantitative estimate of drug-likeness (QED) is 0.817. The first-order valence-corrected chi connectivity index (χ1v) is 4.48. The lowest BCUT2D eigenvalue weighted by Crippen LogP contribution is -2.03. The van der Waals surface area contributed by atoms with Gasteiger partial charge in [-0.1, -0.05) is 6.92 Å². The predicted molar refractivity (Wildman–Crippen MR) is 54.0 cm³/mol. The van der Waals surface area contributed by atoms with Crippen LogP contribution in [-0.2, 0) is 6.42 Å². The van der Waals surface area contributed by atoms with E-state index in [0.29, 0.717) is 17.7 Å². The molecule has 1 aromatic carbocycles. The molecule has 0 atom stereocenters. The zero-order chi connectivity index (χ0) is 11.4. The highest BCUT2D eigenvalue weighted by Crippen LogP contribution is 2.23. The van der Waals surface area contributed by atoms with Crippen LogP contribution in [-0.4, -0.2) is 18.2 Å². The van der Waals surface area contributed by atoms with Crippen LogP contribution in [0.15, 0.2) is 12.1 Å². The zero-order valence-corrected chi connectivity index (χ0v) is 8.57. The Bertz CT molecular complexity index is 432. The molecule has 0 radical (unpaired) electrons. The standard InChI is InChI=1S/C11H11NO3/c1-3-7-5-10(15-2)8(6-12)4-9(7)11(13)14/h4-5H,3H2,1-2H3,(H,13,14). The molecule has 0 saturated heterocycles. The van der Waals surface area contributed by atoms with Crippen LogP contribution in [0.3, 0.4) is 0 Å². The van der Waals surface area contributed by atoms with Crippen molar-refractivity contribution in [3.63, 3.8) is 0 Å². The molecule has 4 heteroatoms. The maximum absolute atomic E-state index is 10.9. The van der Waals surface area contributed by atoms with Crippen molar-refractivity contribution < 1.29 is 14.6 Å². The monoisotopic (exact) mass is 205 g/mol. The van der Waals surface area contributed by atoms with E-state index in [-0.39, 0.29) is 11.1 Å². The lowest BCUT2D eigenvalue weighted by Gasteiger charge is -2.08. The topological polar surface area (TPSA) is 70.3 Å². The van der Waals surface area contributed by atoms with Gasteiger partial charge in [0.05, 0.1) is 18.2 Å². The van der Waals surface area contributed by atoms with E-state index in [9.17, 15) is 4.79 Å². The number of methoxy groups -OCH3 is 1. The normalized spacial score (nSPS) is 9.40. The second-order valence-corrected chi connectivity index (χ2v) is 2.98. The van der Waals surface area contributed by atoms with Crippen molar-refractivity contribution in [2.45, 2.75) is 13.3 Å². The van der Waals surface area contributed by atoms with E-state index in [1.54, 1.807) is 6.07 Å². The summed E-state index contributed by atoms with van der Waals surface area (Å²) in [6.07, 6.45) is 0.587. The molecule has 1 N–H and O–H groups in total. The molecule has 0 aromatic heterocycles. The number of rotatable bonds is 3. The molecular weight excluding hydrogens is 194 g/mol. The Morgan fingerprint density at radius 3 is 2.67 bits per heavy atom. The van der Waals surface area contributed by atoms with Crippen molar-refractivity contribution >= 4 is 5.97 Å². The van der Waals surface area contributed by atoms with Crippen LogP contribution in [0.4, 0.5) is 0 Å². The van der Waals surface area contributed by atoms with Crippen molar-refractivity contribution in [2.75, 3.05) is 7.11 Å². The summed E-state index contributed by atoms with van der Waals surface area (Å²) in [6.45, 7) is 1.85. The number of hydrogen-bond donors (Lipinski definition) is 1. The summed E-state index contributed by atoms with van der Waals surface area (Å²) in [4.78, 5) is 10.9. The maximum atomic E-state index is 10.9. The molecule has 0 saturated carbocycles. The van der Waals surface area contributed by atoms with Crippen LogP contribution in [0.25, 0.3) is 0 Å². The lowest BCUT2D eigenvalue weighted by molar-refractivity contribution is 0.0695. The number of nitrogens with zero attached hydrogens (tertiary/aromatic N) is 1. The first-order valence-electron chi connectivity index (χ1n) is 4.48. The van der Waals surface area contributed by atoms with Crippen molar-refractivity contribution in [2.24, 2.45) is 0 Å². The van der Waals surface area contributed by atoms with Gasteiger partial charge in [0.1, 0.15) is 11.8 Å². The number of ether oxygens (including phenoxy) is 1. The number of aromatic carboxylic acids is 1. The summed E-state index contributed by atoms with van der Waals surface area (Å²) in [5.41, 5.74) is 1.07. The van der Waals surface area contributed by atoms with Gasteiger partial charge in [-0.15, -0.1) is 0 Å². The van der Waals surface area contributed by atoms with E-state index in [1.165, 1.54) is 13.2 Å². The Kier molecular flexibility index (Phi) is 3.29. The second-order valence-electron chi connectivity index (χ2n) is 2.98. The van der Waals surface area contributed by atoms with E-state index in [0.717, 1.165) is 0 Å². The summed E-state index contributed by atoms with van der Waals surface area (Å²) < 4.78 is 5.00. The van der Waals surface area contributed by atoms with Gasteiger partial charge in [0.2, 0.25) is 0 Å². The largest absolute Gasteiger partial charge is 0.495 e. The van der Waals surface area contributed by atoms with Gasteiger partial charge >= 0.3 is 5.97 Å². The Balaban J connectivity index is 3.42. The van der Waals surface area contributed by atoms with Gasteiger partial charge in [0.25, 0.3) is 0 Å². The minimum absolute atomic E-state index is 0.162. The predicted octanol–water partition coefficient (Wildman–Crippen LogP) is 1.83. The average Bonchev–Trinajstić information content (AvgIpc) is 2.26. The molecule has 0 fully saturated rings. The Hall–Kier alpha value is -2.02. The van der Waals surface area contributed by atoms with Gasteiger partial charge < -0.3 is 9.84 Å². The number of carbonyl (C=O) groups is 1. The molecule has 0 unspecified atom stereocenters. The van der Waals surface area contributed by atoms with E-state index < -0.39 is 5.97 Å². The number of hydrogen-bond acceptors (Lipinski definition) is 3. The molecule has 0 spiro atoms. The van der Waals surface area contributed by atoms with E-state index in [1.807, 2.05) is 13.0 Å². The number of carboxylic acid groups (broad SMARTS) is 1. The lowest BCUT2D eigenvalue weighted by atomic mass is 10.0. The summed E-state index contributed by atoms with van der Waals surface area (Å²) >= 11 is 0. The highest BCUT2D eigenvalue weighted by atomic mass is 16.5. The fourth-order valence-corrected chi connectivity index (χ4v) is 1.37. The van der Waals surface area contributed by atoms with Crippen molar-refractivity contribution in [1.29, 1.82) is 5.26 Å². The maximum Gasteiger partial charge on any atom is 0.336 e. The van der Waals surface area contributed by atoms with Gasteiger partial charge in [-0.05, 0) is 24.1 Å². The fraction of sp³-hybridized carbons (Fsp3) is 0.273. The van der Waals surface area contributed by atoms with Crippen LogP contribution in [0.2, 0.25) is 0 Å². The Morgan fingerprint density at radius 2 is 2.27 bits per heavy atom. The molecule has 0 heterocycles. The average molecular weight is 205 g/mol. The van der Waals surface area contributed by atoms with Gasteiger partial charge in [-0.25, -0.2) is 4.79 Å². The first kappa shape index (κ1) is 11.1. The molecule has 1 aromatic rings. The molecule has 0 amide bonds. The molecule has 78 valence electrons. The second kappa shape index (κ2) is 4.47. The Labute approximate surface area is 87.7 Å². The Morgan fingerprint density at radius 1 is 1.60 bits per heavy atom. The summed E-state index contributed by atoms with van der Waals surface area (Å²) in [5.74, 6) is -0.606. The number of carboxylic acids is 1. The minimum atomic E-state index is -1.02. The molecule has 0 aliphatic rings. The third-order valence-electron chi connectivity index (χ3n) is 2.16. The van der Waals surface area contributed by atoms with Gasteiger partial charge in [-0.2, -0.15) is 5.26 Å². The summed E-state index contributed by atoms with van der Waals surface area (Å²) in [5, 5.41) is 17.7. The third kappa shape index (κ3) is 2.08. The van der Waals surface area contributed by atoms with Gasteiger partial charge in [0.15, 0.2) is 0 Å². The molecule has 0 bridgehead atoms. The van der Waals surface area contributed by atoms with Crippen LogP contribution in [0.5, 0.6) is 5.75 Å². The summed E-state index contributed by atoms with van der Waals surface area (Å²) in [6, 6.07) is 4.85. The number of benzene rings is 1. The SMILES string of the molecule is CCc1cc(OC)c(C#N)cc1C(=O)O. The number of aryl methyl sites for hydroxylation is 1. The third-order valence-corrected chi connectivity index (χ3v) is 2.16. The van der Waals surface area contributed by atoms with E-state index in [4.69, 9.17) is 15.1 Å². The minimum Gasteiger partial charge on any atom is -0.495 e. The molecule has 0 aliphatic carbocycles. The molecule has 0 aliphatic heterocycles. The molecular formula is C11H11NO3. The van der Waals surface area contributed by atoms with E-state index >= 15 is 0 Å². The molecule has 1 rings (SSSR count). The van der Waals surface area contributed by atoms with Crippen molar-refractivity contribution in [3.8, 4) is 11.8 Å². The highest BCUT2D eigenvalue weighted by molar-refractivity contribution is 5.90. The van der Waals surface area contributed by atoms with Crippen molar-refractivity contribution in [1.82, 2.24) is 0 Å². The van der Waals surface area contributed by atoms with Crippen LogP contribution >= 0.6 is 0 Å². The zero-order valence-electron chi connectivity index (χ0n) is 8.57. The fourth-order valence-electron chi connectivity index (χ4n) is 1.37. The van der Waals surface area contributed by atoms with Crippen LogP contribution in [0.1, 0.15) is 28.4 Å². The van der Waals surface area contributed by atoms with Crippen LogP contribution in [0, 0.1) is 11.3 Å². The van der Waals surface area contributed by atoms with Gasteiger partial charge in [-0.3, -0.25) is 0 Å². The first-order chi connectivity index (χ1) is 7.13. The smallest absolute Gasteiger partial charge is 0.336 e.